The molecule has 0 aliphatic carbocycles. The molecular formula is C29H44O3. The number of aromatic hydroxyl groups is 3. The van der Waals surface area contributed by atoms with Gasteiger partial charge in [0, 0.05) is 12.8 Å². The minimum absolute atomic E-state index is 0.236. The van der Waals surface area contributed by atoms with Gasteiger partial charge in [0.15, 0.2) is 0 Å². The van der Waals surface area contributed by atoms with Crippen LogP contribution in [-0.2, 0) is 12.8 Å². The largest absolute Gasteiger partial charge is 0.508 e. The summed E-state index contributed by atoms with van der Waals surface area (Å²) < 4.78 is 0. The van der Waals surface area contributed by atoms with Gasteiger partial charge in [-0.15, -0.1) is 0 Å². The van der Waals surface area contributed by atoms with E-state index < -0.39 is 0 Å². The van der Waals surface area contributed by atoms with Gasteiger partial charge in [-0.25, -0.2) is 0 Å². The van der Waals surface area contributed by atoms with Crippen molar-refractivity contribution in [2.24, 2.45) is 0 Å². The third-order valence-corrected chi connectivity index (χ3v) is 4.07. The molecule has 0 aliphatic heterocycles. The average Bonchev–Trinajstić information content (AvgIpc) is 2.85. The first-order chi connectivity index (χ1) is 15.5. The Balaban J connectivity index is 0. The smallest absolute Gasteiger partial charge is 0.122 e. The van der Waals surface area contributed by atoms with E-state index in [9.17, 15) is 15.3 Å². The second-order valence-corrected chi connectivity index (χ2v) is 6.12. The lowest BCUT2D eigenvalue weighted by Crippen LogP contribution is -1.96. The molecule has 0 saturated heterocycles. The van der Waals surface area contributed by atoms with E-state index in [0.29, 0.717) is 18.6 Å². The molecule has 0 bridgehead atoms. The molecule has 0 amide bonds. The lowest BCUT2D eigenvalue weighted by atomic mass is 9.95. The predicted octanol–water partition coefficient (Wildman–Crippen LogP) is 8.40. The van der Waals surface area contributed by atoms with E-state index in [1.165, 1.54) is 0 Å². The van der Waals surface area contributed by atoms with Crippen LogP contribution in [0.2, 0.25) is 0 Å². The Morgan fingerprint density at radius 2 is 0.781 bits per heavy atom. The molecule has 3 aromatic rings. The van der Waals surface area contributed by atoms with Gasteiger partial charge in [-0.05, 0) is 53.4 Å². The van der Waals surface area contributed by atoms with Gasteiger partial charge in [-0.3, -0.25) is 0 Å². The van der Waals surface area contributed by atoms with Gasteiger partial charge in [0.2, 0.25) is 0 Å². The second-order valence-electron chi connectivity index (χ2n) is 6.12. The molecule has 3 nitrogen and oxygen atoms in total. The Morgan fingerprint density at radius 1 is 0.500 bits per heavy atom. The fourth-order valence-electron chi connectivity index (χ4n) is 2.87. The van der Waals surface area contributed by atoms with Crippen LogP contribution < -0.4 is 0 Å². The highest BCUT2D eigenvalue weighted by Crippen LogP contribution is 2.29. The molecule has 0 heterocycles. The molecule has 3 rings (SSSR count). The predicted molar refractivity (Wildman–Crippen MR) is 140 cm³/mol. The van der Waals surface area contributed by atoms with Crippen LogP contribution >= 0.6 is 0 Å². The maximum absolute atomic E-state index is 10.6. The van der Waals surface area contributed by atoms with E-state index in [1.807, 2.05) is 98.7 Å². The molecule has 0 unspecified atom stereocenters. The van der Waals surface area contributed by atoms with Gasteiger partial charge in [0.1, 0.15) is 17.2 Å². The summed E-state index contributed by atoms with van der Waals surface area (Å²) in [6.07, 6.45) is 1.22. The average molecular weight is 441 g/mol. The van der Waals surface area contributed by atoms with Crippen LogP contribution in [0.5, 0.6) is 17.2 Å². The molecule has 3 heteroatoms. The first-order valence-corrected chi connectivity index (χ1v) is 11.9. The van der Waals surface area contributed by atoms with Crippen molar-refractivity contribution in [1.29, 1.82) is 0 Å². The van der Waals surface area contributed by atoms with E-state index in [0.717, 1.165) is 27.8 Å². The van der Waals surface area contributed by atoms with Crippen LogP contribution in [-0.4, -0.2) is 15.3 Å². The van der Waals surface area contributed by atoms with Crippen LogP contribution in [0.15, 0.2) is 60.7 Å². The van der Waals surface area contributed by atoms with Crippen LogP contribution in [0.25, 0.3) is 0 Å². The van der Waals surface area contributed by atoms with Gasteiger partial charge in [-0.1, -0.05) is 97.4 Å². The van der Waals surface area contributed by atoms with Crippen molar-refractivity contribution in [1.82, 2.24) is 0 Å². The number of hydrogen-bond donors (Lipinski definition) is 3. The zero-order chi connectivity index (χ0) is 25.1. The maximum Gasteiger partial charge on any atom is 0.122 e. The van der Waals surface area contributed by atoms with E-state index in [1.54, 1.807) is 24.3 Å². The second kappa shape index (κ2) is 18.8. The van der Waals surface area contributed by atoms with Crippen molar-refractivity contribution < 1.29 is 15.3 Å². The molecule has 32 heavy (non-hydrogen) atoms. The summed E-state index contributed by atoms with van der Waals surface area (Å²) in [6, 6.07) is 18.0. The molecule has 0 fully saturated rings. The van der Waals surface area contributed by atoms with E-state index >= 15 is 0 Å². The summed E-state index contributed by atoms with van der Waals surface area (Å²) >= 11 is 0. The van der Waals surface area contributed by atoms with Crippen LogP contribution in [0.3, 0.4) is 0 Å². The van der Waals surface area contributed by atoms with Gasteiger partial charge in [0.25, 0.3) is 0 Å². The normalized spacial score (nSPS) is 8.78. The lowest BCUT2D eigenvalue weighted by Gasteiger charge is -2.12. The van der Waals surface area contributed by atoms with E-state index in [-0.39, 0.29) is 11.5 Å². The molecule has 0 spiro atoms. The number of rotatable bonds is 4. The fraction of sp³-hybridized carbons (Fsp3) is 0.379. The third-order valence-electron chi connectivity index (χ3n) is 4.07. The van der Waals surface area contributed by atoms with Crippen molar-refractivity contribution in [2.45, 2.75) is 75.2 Å². The van der Waals surface area contributed by atoms with Crippen LogP contribution in [0, 0.1) is 6.92 Å². The van der Waals surface area contributed by atoms with Crippen LogP contribution in [0.1, 0.15) is 83.2 Å². The van der Waals surface area contributed by atoms with Crippen molar-refractivity contribution >= 4 is 0 Å². The molecule has 0 aliphatic rings. The Labute approximate surface area is 196 Å². The van der Waals surface area contributed by atoms with Gasteiger partial charge in [0.05, 0.1) is 0 Å². The number of aryl methyl sites for hydroxylation is 1. The maximum atomic E-state index is 10.6. The topological polar surface area (TPSA) is 60.7 Å². The fourth-order valence-corrected chi connectivity index (χ4v) is 2.87. The van der Waals surface area contributed by atoms with Gasteiger partial charge >= 0.3 is 0 Å². The molecule has 0 saturated carbocycles. The van der Waals surface area contributed by atoms with Crippen molar-refractivity contribution in [3.05, 3.63) is 88.5 Å². The van der Waals surface area contributed by atoms with Crippen molar-refractivity contribution in [3.63, 3.8) is 0 Å². The first kappa shape index (κ1) is 31.2. The monoisotopic (exact) mass is 440 g/mol. The number of hydrogen-bond acceptors (Lipinski definition) is 3. The van der Waals surface area contributed by atoms with Gasteiger partial charge < -0.3 is 15.3 Å². The van der Waals surface area contributed by atoms with E-state index in [2.05, 4.69) is 0 Å². The Bertz CT molecular complexity index is 767. The molecular weight excluding hydrogens is 396 g/mol. The first-order valence-electron chi connectivity index (χ1n) is 11.9. The summed E-state index contributed by atoms with van der Waals surface area (Å²) in [5.41, 5.74) is 4.90. The highest BCUT2D eigenvalue weighted by atomic mass is 16.3. The quantitative estimate of drug-likeness (QED) is 0.381. The molecule has 3 aromatic carbocycles. The summed E-state index contributed by atoms with van der Waals surface area (Å²) in [5.74, 6) is 0.780. The van der Waals surface area contributed by atoms with Crippen molar-refractivity contribution in [3.8, 4) is 17.2 Å². The summed E-state index contributed by atoms with van der Waals surface area (Å²) in [4.78, 5) is 0. The zero-order valence-corrected chi connectivity index (χ0v) is 21.5. The Kier molecular flexibility index (Phi) is 18.4. The summed E-state index contributed by atoms with van der Waals surface area (Å²) in [5, 5.41) is 29.4. The summed E-state index contributed by atoms with van der Waals surface area (Å²) in [7, 11) is 0. The van der Waals surface area contributed by atoms with E-state index in [4.69, 9.17) is 0 Å². The zero-order valence-electron chi connectivity index (χ0n) is 21.5. The number of benzene rings is 3. The molecule has 0 radical (unpaired) electrons. The Hall–Kier alpha value is -2.94. The SMILES string of the molecule is CC.CC.CC.CC.Cc1cc(Cc2ccc(O)cc2)c(O)c(Cc2ccc(O)cc2)c1. The molecule has 3 N–H and O–H groups in total. The van der Waals surface area contributed by atoms with Crippen LogP contribution in [0.4, 0.5) is 0 Å². The third kappa shape index (κ3) is 10.9. The highest BCUT2D eigenvalue weighted by molar-refractivity contribution is 5.48. The standard InChI is InChI=1S/C21H20O3.4C2H6/c1-14-10-17(12-15-2-6-19(22)7-3-15)21(24)18(11-14)13-16-4-8-20(23)9-5-16;4*1-2/h2-11,22-24H,12-13H2,1H3;4*1-2H3. The highest BCUT2D eigenvalue weighted by Gasteiger charge is 2.10. The number of phenolic OH excluding ortho intramolecular Hbond substituents is 3. The molecule has 178 valence electrons. The minimum Gasteiger partial charge on any atom is -0.508 e. The lowest BCUT2D eigenvalue weighted by molar-refractivity contribution is 0.463. The summed E-state index contributed by atoms with van der Waals surface area (Å²) in [6.45, 7) is 18.0. The molecule has 0 aromatic heterocycles. The Morgan fingerprint density at radius 3 is 1.06 bits per heavy atom. The van der Waals surface area contributed by atoms with Gasteiger partial charge in [-0.2, -0.15) is 0 Å². The number of phenols is 3. The van der Waals surface area contributed by atoms with Crippen molar-refractivity contribution in [2.75, 3.05) is 0 Å². The molecule has 0 atom stereocenters. The minimum atomic E-state index is 0.236.